The van der Waals surface area contributed by atoms with Crippen molar-refractivity contribution in [2.45, 2.75) is 13.8 Å². The highest BCUT2D eigenvalue weighted by atomic mass is 35.5. The lowest BCUT2D eigenvalue weighted by Crippen LogP contribution is -2.09. The lowest BCUT2D eigenvalue weighted by molar-refractivity contribution is -0.130. The SMILES string of the molecule is C/C=C(\C)C(=O)Oc1cc(Cl)ccc1Oc1ccc(Cl)cc1Cl. The molecule has 3 nitrogen and oxygen atoms in total. The van der Waals surface area contributed by atoms with Gasteiger partial charge in [-0.15, -0.1) is 0 Å². The molecule has 0 aliphatic rings. The molecule has 0 atom stereocenters. The molecule has 0 heterocycles. The van der Waals surface area contributed by atoms with Crippen molar-refractivity contribution in [2.24, 2.45) is 0 Å². The molecule has 6 heteroatoms. The van der Waals surface area contributed by atoms with Crippen LogP contribution in [0.4, 0.5) is 0 Å². The summed E-state index contributed by atoms with van der Waals surface area (Å²) in [5.41, 5.74) is 0.473. The quantitative estimate of drug-likeness (QED) is 0.359. The van der Waals surface area contributed by atoms with Crippen molar-refractivity contribution >= 4 is 40.8 Å². The van der Waals surface area contributed by atoms with E-state index in [0.29, 0.717) is 32.1 Å². The number of halogens is 3. The van der Waals surface area contributed by atoms with Gasteiger partial charge in [-0.25, -0.2) is 4.79 Å². The summed E-state index contributed by atoms with van der Waals surface area (Å²) < 4.78 is 11.0. The Morgan fingerprint density at radius 1 is 0.957 bits per heavy atom. The molecule has 0 saturated heterocycles. The number of allylic oxidation sites excluding steroid dienone is 1. The van der Waals surface area contributed by atoms with Crippen LogP contribution < -0.4 is 9.47 Å². The van der Waals surface area contributed by atoms with Gasteiger partial charge in [-0.1, -0.05) is 40.9 Å². The molecular weight excluding hydrogens is 359 g/mol. The van der Waals surface area contributed by atoms with Crippen molar-refractivity contribution in [3.8, 4) is 17.2 Å². The predicted molar refractivity (Wildman–Crippen MR) is 93.1 cm³/mol. The Bertz CT molecular complexity index is 770. The summed E-state index contributed by atoms with van der Waals surface area (Å²) in [5, 5.41) is 1.25. The third-order valence-corrected chi connectivity index (χ3v) is 3.74. The lowest BCUT2D eigenvalue weighted by Gasteiger charge is -2.13. The van der Waals surface area contributed by atoms with Gasteiger partial charge in [0.1, 0.15) is 5.75 Å². The Balaban J connectivity index is 2.33. The van der Waals surface area contributed by atoms with Crippen LogP contribution in [0.2, 0.25) is 15.1 Å². The zero-order valence-electron chi connectivity index (χ0n) is 12.4. The first-order valence-corrected chi connectivity index (χ1v) is 7.81. The second kappa shape index (κ2) is 7.73. The molecule has 2 rings (SSSR count). The van der Waals surface area contributed by atoms with E-state index in [9.17, 15) is 4.79 Å². The van der Waals surface area contributed by atoms with Gasteiger partial charge >= 0.3 is 5.97 Å². The van der Waals surface area contributed by atoms with E-state index in [-0.39, 0.29) is 5.75 Å². The van der Waals surface area contributed by atoms with Gasteiger partial charge in [0, 0.05) is 21.7 Å². The number of esters is 1. The monoisotopic (exact) mass is 370 g/mol. The van der Waals surface area contributed by atoms with E-state index in [4.69, 9.17) is 44.3 Å². The second-order valence-corrected chi connectivity index (χ2v) is 5.91. The smallest absolute Gasteiger partial charge is 0.338 e. The molecule has 0 N–H and O–H groups in total. The van der Waals surface area contributed by atoms with E-state index >= 15 is 0 Å². The normalized spacial score (nSPS) is 11.3. The number of ether oxygens (including phenoxy) is 2. The molecule has 0 aliphatic carbocycles. The minimum absolute atomic E-state index is 0.203. The number of hydrogen-bond acceptors (Lipinski definition) is 3. The van der Waals surface area contributed by atoms with Crippen LogP contribution in [-0.4, -0.2) is 5.97 Å². The first-order chi connectivity index (χ1) is 10.9. The second-order valence-electron chi connectivity index (χ2n) is 4.63. The molecule has 0 spiro atoms. The fourth-order valence-corrected chi connectivity index (χ4v) is 2.23. The number of rotatable bonds is 4. The average Bonchev–Trinajstić information content (AvgIpc) is 2.51. The Hall–Kier alpha value is -1.68. The van der Waals surface area contributed by atoms with Crippen molar-refractivity contribution < 1.29 is 14.3 Å². The van der Waals surface area contributed by atoms with Crippen LogP contribution >= 0.6 is 34.8 Å². The van der Waals surface area contributed by atoms with Crippen LogP contribution in [0.15, 0.2) is 48.0 Å². The maximum atomic E-state index is 11.9. The van der Waals surface area contributed by atoms with Gasteiger partial charge in [-0.2, -0.15) is 0 Å². The maximum Gasteiger partial charge on any atom is 0.338 e. The molecular formula is C17H13Cl3O3. The number of benzene rings is 2. The zero-order valence-corrected chi connectivity index (χ0v) is 14.7. The standard InChI is InChI=1S/C17H13Cl3O3/c1-3-10(2)17(21)23-16-9-12(19)5-7-15(16)22-14-6-4-11(18)8-13(14)20/h3-9H,1-2H3/b10-3+. The number of hydrogen-bond donors (Lipinski definition) is 0. The van der Waals surface area contributed by atoms with Crippen molar-refractivity contribution in [3.63, 3.8) is 0 Å². The van der Waals surface area contributed by atoms with Gasteiger partial charge < -0.3 is 9.47 Å². The van der Waals surface area contributed by atoms with Gasteiger partial charge in [-0.05, 0) is 44.2 Å². The van der Waals surface area contributed by atoms with Gasteiger partial charge in [0.25, 0.3) is 0 Å². The molecule has 0 aliphatic heterocycles. The van der Waals surface area contributed by atoms with E-state index in [2.05, 4.69) is 0 Å². The summed E-state index contributed by atoms with van der Waals surface area (Å²) in [6.45, 7) is 3.41. The molecule has 0 saturated carbocycles. The van der Waals surface area contributed by atoms with Gasteiger partial charge in [-0.3, -0.25) is 0 Å². The third-order valence-electron chi connectivity index (χ3n) is 2.98. The lowest BCUT2D eigenvalue weighted by atomic mass is 10.3. The molecule has 0 bridgehead atoms. The largest absolute Gasteiger partial charge is 0.452 e. The van der Waals surface area contributed by atoms with Gasteiger partial charge in [0.15, 0.2) is 11.5 Å². The molecule has 0 aromatic heterocycles. The predicted octanol–water partition coefficient (Wildman–Crippen LogP) is 6.31. The maximum absolute atomic E-state index is 11.9. The Morgan fingerprint density at radius 2 is 1.57 bits per heavy atom. The van der Waals surface area contributed by atoms with Crippen LogP contribution in [0.3, 0.4) is 0 Å². The minimum Gasteiger partial charge on any atom is -0.452 e. The van der Waals surface area contributed by atoms with Gasteiger partial charge in [0.05, 0.1) is 5.02 Å². The van der Waals surface area contributed by atoms with Gasteiger partial charge in [0.2, 0.25) is 0 Å². The highest BCUT2D eigenvalue weighted by Crippen LogP contribution is 2.37. The Labute approximate surface area is 149 Å². The summed E-state index contributed by atoms with van der Waals surface area (Å²) >= 11 is 17.9. The Kier molecular flexibility index (Phi) is 5.94. The van der Waals surface area contributed by atoms with Crippen molar-refractivity contribution in [1.82, 2.24) is 0 Å². The highest BCUT2D eigenvalue weighted by molar-refractivity contribution is 6.35. The van der Waals surface area contributed by atoms with Crippen LogP contribution in [0.25, 0.3) is 0 Å². The number of carbonyl (C=O) groups is 1. The molecule has 23 heavy (non-hydrogen) atoms. The van der Waals surface area contributed by atoms with Crippen molar-refractivity contribution in [1.29, 1.82) is 0 Å². The average molecular weight is 372 g/mol. The first-order valence-electron chi connectivity index (χ1n) is 6.68. The molecule has 2 aromatic rings. The van der Waals surface area contributed by atoms with Crippen LogP contribution in [-0.2, 0) is 4.79 Å². The van der Waals surface area contributed by atoms with Crippen LogP contribution in [0.1, 0.15) is 13.8 Å². The fraction of sp³-hybridized carbons (Fsp3) is 0.118. The van der Waals surface area contributed by atoms with E-state index in [1.807, 2.05) is 0 Å². The summed E-state index contributed by atoms with van der Waals surface area (Å²) in [6, 6.07) is 9.56. The van der Waals surface area contributed by atoms with E-state index in [0.717, 1.165) is 0 Å². The molecule has 0 radical (unpaired) electrons. The molecule has 0 fully saturated rings. The molecule has 2 aromatic carbocycles. The summed E-state index contributed by atoms with van der Waals surface area (Å²) in [5.74, 6) is 0.422. The fourth-order valence-electron chi connectivity index (χ4n) is 1.62. The van der Waals surface area contributed by atoms with Crippen LogP contribution in [0, 0.1) is 0 Å². The summed E-state index contributed by atoms with van der Waals surface area (Å²) in [6.07, 6.45) is 1.66. The number of carbonyl (C=O) groups excluding carboxylic acids is 1. The van der Waals surface area contributed by atoms with Crippen molar-refractivity contribution in [3.05, 3.63) is 63.1 Å². The Morgan fingerprint density at radius 3 is 2.17 bits per heavy atom. The first kappa shape index (κ1) is 17.7. The van der Waals surface area contributed by atoms with E-state index < -0.39 is 5.97 Å². The minimum atomic E-state index is -0.484. The topological polar surface area (TPSA) is 35.5 Å². The summed E-state index contributed by atoms with van der Waals surface area (Å²) in [4.78, 5) is 11.9. The highest BCUT2D eigenvalue weighted by Gasteiger charge is 2.14. The van der Waals surface area contributed by atoms with Crippen LogP contribution in [0.5, 0.6) is 17.2 Å². The summed E-state index contributed by atoms with van der Waals surface area (Å²) in [7, 11) is 0. The molecule has 120 valence electrons. The van der Waals surface area contributed by atoms with E-state index in [1.54, 1.807) is 50.3 Å². The third kappa shape index (κ3) is 4.64. The van der Waals surface area contributed by atoms with E-state index in [1.165, 1.54) is 6.07 Å². The van der Waals surface area contributed by atoms with Crippen molar-refractivity contribution in [2.75, 3.05) is 0 Å². The molecule has 0 unspecified atom stereocenters. The zero-order chi connectivity index (χ0) is 17.0. The molecule has 0 amide bonds.